The minimum absolute atomic E-state index is 0.107. The van der Waals surface area contributed by atoms with Gasteiger partial charge in [-0.1, -0.05) is 0 Å². The van der Waals surface area contributed by atoms with Gasteiger partial charge in [0.1, 0.15) is 17.1 Å². The molecule has 0 saturated carbocycles. The Balaban J connectivity index is 1.91. The number of hydrogen-bond acceptors (Lipinski definition) is 5. The Morgan fingerprint density at radius 1 is 1.29 bits per heavy atom. The van der Waals surface area contributed by atoms with Crippen molar-refractivity contribution in [3.8, 4) is 5.75 Å². The first kappa shape index (κ1) is 15.7. The second kappa shape index (κ2) is 6.11. The number of carboxylic acids is 1. The van der Waals surface area contributed by atoms with Crippen molar-refractivity contribution in [2.24, 2.45) is 0 Å². The molecule has 0 radical (unpaired) electrons. The lowest BCUT2D eigenvalue weighted by Gasteiger charge is -2.18. The van der Waals surface area contributed by atoms with Gasteiger partial charge in [-0.2, -0.15) is 5.10 Å². The molecule has 126 valence electrons. The number of carboxylic acid groups (broad SMARTS) is 1. The van der Waals surface area contributed by atoms with Crippen LogP contribution >= 0.6 is 0 Å². The monoisotopic (exact) mass is 331 g/mol. The SMILES string of the molecule is CNC(=O)Nc1cc2n(n1)CCN2c1ccc(C(=O)O)c(OC)c1. The van der Waals surface area contributed by atoms with Crippen LogP contribution in [0.25, 0.3) is 0 Å². The smallest absolute Gasteiger partial charge is 0.339 e. The van der Waals surface area contributed by atoms with E-state index < -0.39 is 5.97 Å². The molecule has 3 rings (SSSR count). The third-order valence-electron chi connectivity index (χ3n) is 3.77. The van der Waals surface area contributed by atoms with Gasteiger partial charge in [0.15, 0.2) is 5.82 Å². The molecule has 9 heteroatoms. The maximum absolute atomic E-state index is 11.4. The standard InChI is InChI=1S/C15H17N5O4/c1-16-15(23)17-12-8-13-19(5-6-20(13)18-12)9-3-4-10(14(21)22)11(7-9)24-2/h3-4,7-8H,5-6H2,1-2H3,(H,21,22)(H2,16,17,18,23). The highest BCUT2D eigenvalue weighted by molar-refractivity contribution is 5.92. The average Bonchev–Trinajstić information content (AvgIpc) is 3.13. The van der Waals surface area contributed by atoms with Crippen LogP contribution < -0.4 is 20.3 Å². The average molecular weight is 331 g/mol. The molecule has 2 heterocycles. The Morgan fingerprint density at radius 3 is 2.75 bits per heavy atom. The molecular weight excluding hydrogens is 314 g/mol. The van der Waals surface area contributed by atoms with E-state index in [1.807, 2.05) is 4.90 Å². The first-order chi connectivity index (χ1) is 11.5. The summed E-state index contributed by atoms with van der Waals surface area (Å²) in [6.07, 6.45) is 0. The molecule has 9 nitrogen and oxygen atoms in total. The van der Waals surface area contributed by atoms with Crippen LogP contribution in [0.1, 0.15) is 10.4 Å². The summed E-state index contributed by atoms with van der Waals surface area (Å²) in [4.78, 5) is 24.6. The van der Waals surface area contributed by atoms with Gasteiger partial charge in [0.2, 0.25) is 0 Å². The van der Waals surface area contributed by atoms with E-state index in [-0.39, 0.29) is 11.6 Å². The fourth-order valence-corrected chi connectivity index (χ4v) is 2.62. The summed E-state index contributed by atoms with van der Waals surface area (Å²) in [6.45, 7) is 1.35. The van der Waals surface area contributed by atoms with Crippen LogP contribution in [0, 0.1) is 0 Å². The number of rotatable bonds is 4. The van der Waals surface area contributed by atoms with Crippen LogP contribution in [0.15, 0.2) is 24.3 Å². The van der Waals surface area contributed by atoms with Gasteiger partial charge in [0.05, 0.1) is 13.7 Å². The quantitative estimate of drug-likeness (QED) is 0.783. The third kappa shape index (κ3) is 2.71. The minimum atomic E-state index is -1.04. The summed E-state index contributed by atoms with van der Waals surface area (Å²) in [5, 5.41) is 18.6. The molecule has 1 aliphatic rings. The molecule has 24 heavy (non-hydrogen) atoms. The largest absolute Gasteiger partial charge is 0.496 e. The number of ether oxygens (including phenoxy) is 1. The first-order valence-electron chi connectivity index (χ1n) is 7.29. The fourth-order valence-electron chi connectivity index (χ4n) is 2.62. The highest BCUT2D eigenvalue weighted by Gasteiger charge is 2.24. The normalized spacial score (nSPS) is 12.7. The van der Waals surface area contributed by atoms with Crippen molar-refractivity contribution >= 4 is 29.3 Å². The fraction of sp³-hybridized carbons (Fsp3) is 0.267. The van der Waals surface area contributed by atoms with E-state index in [4.69, 9.17) is 9.84 Å². The van der Waals surface area contributed by atoms with E-state index >= 15 is 0 Å². The number of nitrogens with one attached hydrogen (secondary N) is 2. The number of urea groups is 1. The molecule has 3 N–H and O–H groups in total. The number of aromatic nitrogens is 2. The van der Waals surface area contributed by atoms with E-state index in [1.165, 1.54) is 20.2 Å². The number of fused-ring (bicyclic) bond motifs is 1. The van der Waals surface area contributed by atoms with E-state index in [1.54, 1.807) is 22.9 Å². The van der Waals surface area contributed by atoms with Gasteiger partial charge in [-0.15, -0.1) is 0 Å². The summed E-state index contributed by atoms with van der Waals surface area (Å²) >= 11 is 0. The Morgan fingerprint density at radius 2 is 2.08 bits per heavy atom. The van der Waals surface area contributed by atoms with Crippen molar-refractivity contribution in [3.05, 3.63) is 29.8 Å². The molecule has 0 bridgehead atoms. The van der Waals surface area contributed by atoms with Crippen molar-refractivity contribution in [2.45, 2.75) is 6.54 Å². The number of hydrogen-bond donors (Lipinski definition) is 3. The van der Waals surface area contributed by atoms with Gasteiger partial charge in [0, 0.05) is 31.4 Å². The lowest BCUT2D eigenvalue weighted by molar-refractivity contribution is 0.0693. The number of aromatic carboxylic acids is 1. The highest BCUT2D eigenvalue weighted by Crippen LogP contribution is 2.34. The number of nitrogens with zero attached hydrogens (tertiary/aromatic N) is 3. The number of anilines is 3. The van der Waals surface area contributed by atoms with Crippen molar-refractivity contribution in [3.63, 3.8) is 0 Å². The second-order valence-electron chi connectivity index (χ2n) is 5.16. The highest BCUT2D eigenvalue weighted by atomic mass is 16.5. The van der Waals surface area contributed by atoms with Crippen molar-refractivity contribution in [1.82, 2.24) is 15.1 Å². The summed E-state index contributed by atoms with van der Waals surface area (Å²) in [7, 11) is 2.97. The molecule has 1 aromatic carbocycles. The molecule has 1 aliphatic heterocycles. The lowest BCUT2D eigenvalue weighted by atomic mass is 10.1. The van der Waals surface area contributed by atoms with Crippen LogP contribution in [0.3, 0.4) is 0 Å². The lowest BCUT2D eigenvalue weighted by Crippen LogP contribution is -2.24. The third-order valence-corrected chi connectivity index (χ3v) is 3.77. The Hall–Kier alpha value is -3.23. The van der Waals surface area contributed by atoms with Gasteiger partial charge in [-0.25, -0.2) is 14.3 Å². The van der Waals surface area contributed by atoms with Crippen molar-refractivity contribution < 1.29 is 19.4 Å². The van der Waals surface area contributed by atoms with E-state index in [9.17, 15) is 9.59 Å². The van der Waals surface area contributed by atoms with Gasteiger partial charge in [0.25, 0.3) is 0 Å². The molecule has 2 aromatic rings. The number of benzene rings is 1. The molecule has 0 fully saturated rings. The zero-order chi connectivity index (χ0) is 17.3. The van der Waals surface area contributed by atoms with Gasteiger partial charge >= 0.3 is 12.0 Å². The van der Waals surface area contributed by atoms with E-state index in [0.29, 0.717) is 24.7 Å². The molecular formula is C15H17N5O4. The molecule has 0 atom stereocenters. The number of carbonyl (C=O) groups is 2. The molecule has 0 unspecified atom stereocenters. The van der Waals surface area contributed by atoms with Crippen molar-refractivity contribution in [2.75, 3.05) is 30.9 Å². The summed E-state index contributed by atoms with van der Waals surface area (Å²) in [6, 6.07) is 6.34. The van der Waals surface area contributed by atoms with Crippen molar-refractivity contribution in [1.29, 1.82) is 0 Å². The molecule has 0 saturated heterocycles. The Bertz CT molecular complexity index is 801. The number of methoxy groups -OCH3 is 1. The zero-order valence-electron chi connectivity index (χ0n) is 13.2. The minimum Gasteiger partial charge on any atom is -0.496 e. The number of amides is 2. The maximum Gasteiger partial charge on any atom is 0.339 e. The van der Waals surface area contributed by atoms with Gasteiger partial charge < -0.3 is 20.1 Å². The summed E-state index contributed by atoms with van der Waals surface area (Å²) in [5.74, 6) is 0.512. The molecule has 0 spiro atoms. The Labute approximate surface area is 137 Å². The summed E-state index contributed by atoms with van der Waals surface area (Å²) in [5.41, 5.74) is 0.901. The van der Waals surface area contributed by atoms with E-state index in [2.05, 4.69) is 15.7 Å². The topological polar surface area (TPSA) is 109 Å². The second-order valence-corrected chi connectivity index (χ2v) is 5.16. The van der Waals surface area contributed by atoms with Gasteiger partial charge in [-0.3, -0.25) is 5.32 Å². The molecule has 0 aliphatic carbocycles. The molecule has 1 aromatic heterocycles. The Kier molecular flexibility index (Phi) is 3.98. The zero-order valence-corrected chi connectivity index (χ0v) is 13.2. The number of carbonyl (C=O) groups excluding carboxylic acids is 1. The van der Waals surface area contributed by atoms with Crippen LogP contribution in [-0.2, 0) is 6.54 Å². The first-order valence-corrected chi connectivity index (χ1v) is 7.29. The van der Waals surface area contributed by atoms with Crippen LogP contribution in [-0.4, -0.2) is 47.6 Å². The molecule has 2 amide bonds. The van der Waals surface area contributed by atoms with E-state index in [0.717, 1.165) is 11.5 Å². The maximum atomic E-state index is 11.4. The predicted octanol–water partition coefficient (Wildman–Crippen LogP) is 1.49. The van der Waals surface area contributed by atoms with Gasteiger partial charge in [-0.05, 0) is 12.1 Å². The van der Waals surface area contributed by atoms with Crippen LogP contribution in [0.4, 0.5) is 22.1 Å². The predicted molar refractivity (Wildman–Crippen MR) is 87.3 cm³/mol. The van der Waals surface area contributed by atoms with Crippen LogP contribution in [0.5, 0.6) is 5.75 Å². The van der Waals surface area contributed by atoms with Crippen LogP contribution in [0.2, 0.25) is 0 Å². The summed E-state index contributed by atoms with van der Waals surface area (Å²) < 4.78 is 6.95.